The monoisotopic (exact) mass is 328 g/mol. The largest absolute Gasteiger partial charge is 0.396 e. The molecule has 2 unspecified atom stereocenters. The van der Waals surface area contributed by atoms with E-state index in [9.17, 15) is 14.7 Å². The van der Waals surface area contributed by atoms with Crippen molar-refractivity contribution < 1.29 is 14.7 Å². The van der Waals surface area contributed by atoms with Gasteiger partial charge in [-0.05, 0) is 60.8 Å². The van der Waals surface area contributed by atoms with E-state index in [1.807, 2.05) is 12.1 Å². The lowest BCUT2D eigenvalue weighted by atomic mass is 9.71. The van der Waals surface area contributed by atoms with E-state index in [0.29, 0.717) is 29.9 Å². The van der Waals surface area contributed by atoms with Gasteiger partial charge in [0, 0.05) is 24.8 Å². The van der Waals surface area contributed by atoms with E-state index in [-0.39, 0.29) is 24.5 Å². The maximum atomic E-state index is 12.4. The highest BCUT2D eigenvalue weighted by Gasteiger charge is 2.47. The summed E-state index contributed by atoms with van der Waals surface area (Å²) < 4.78 is 0. The number of amides is 2. The van der Waals surface area contributed by atoms with Crippen LogP contribution in [0.4, 0.5) is 0 Å². The summed E-state index contributed by atoms with van der Waals surface area (Å²) in [5, 5.41) is 15.1. The predicted octanol–water partition coefficient (Wildman–Crippen LogP) is 1.63. The standard InChI is InChI=1S/C19H24N2O3/c1-2-18(23)20-10-12-3-5-14(6-4-12)19(24)21-17-9-15-7-13(11-22)8-16(15)17/h2-6,13,15-17,22H,1,7-11H2,(H,20,23)(H,21,24)/t13?,15-,16-,17?/m1/s1. The number of carbonyl (C=O) groups is 2. The molecule has 128 valence electrons. The molecule has 24 heavy (non-hydrogen) atoms. The number of aliphatic hydroxyl groups excluding tert-OH is 1. The molecular weight excluding hydrogens is 304 g/mol. The summed E-state index contributed by atoms with van der Waals surface area (Å²) >= 11 is 0. The van der Waals surface area contributed by atoms with Crippen molar-refractivity contribution in [2.24, 2.45) is 17.8 Å². The lowest BCUT2D eigenvalue weighted by molar-refractivity contribution is -0.116. The van der Waals surface area contributed by atoms with E-state index in [1.165, 1.54) is 6.08 Å². The number of hydrogen-bond donors (Lipinski definition) is 3. The molecule has 0 aromatic heterocycles. The van der Waals surface area contributed by atoms with Crippen LogP contribution in [0.15, 0.2) is 36.9 Å². The molecule has 2 aliphatic rings. The van der Waals surface area contributed by atoms with Gasteiger partial charge in [-0.1, -0.05) is 18.7 Å². The van der Waals surface area contributed by atoms with Crippen molar-refractivity contribution in [1.82, 2.24) is 10.6 Å². The van der Waals surface area contributed by atoms with Crippen molar-refractivity contribution in [2.45, 2.75) is 31.8 Å². The lowest BCUT2D eigenvalue weighted by Crippen LogP contribution is -2.50. The van der Waals surface area contributed by atoms with Crippen molar-refractivity contribution in [1.29, 1.82) is 0 Å². The third kappa shape index (κ3) is 3.51. The smallest absolute Gasteiger partial charge is 0.251 e. The molecule has 0 saturated heterocycles. The van der Waals surface area contributed by atoms with Crippen LogP contribution in [0.1, 0.15) is 35.2 Å². The summed E-state index contributed by atoms with van der Waals surface area (Å²) in [4.78, 5) is 23.5. The number of benzene rings is 1. The quantitative estimate of drug-likeness (QED) is 0.695. The number of carbonyl (C=O) groups excluding carboxylic acids is 2. The van der Waals surface area contributed by atoms with Crippen molar-refractivity contribution in [3.8, 4) is 0 Å². The van der Waals surface area contributed by atoms with Gasteiger partial charge >= 0.3 is 0 Å². The molecule has 2 amide bonds. The fraction of sp³-hybridized carbons (Fsp3) is 0.474. The first-order valence-corrected chi connectivity index (χ1v) is 8.51. The first-order valence-electron chi connectivity index (χ1n) is 8.51. The van der Waals surface area contributed by atoms with Crippen LogP contribution < -0.4 is 10.6 Å². The second kappa shape index (κ2) is 7.18. The average molecular weight is 328 g/mol. The summed E-state index contributed by atoms with van der Waals surface area (Å²) in [6, 6.07) is 7.50. The van der Waals surface area contributed by atoms with E-state index in [4.69, 9.17) is 0 Å². The normalized spacial score (nSPS) is 27.7. The minimum atomic E-state index is -0.214. The summed E-state index contributed by atoms with van der Waals surface area (Å²) in [5.74, 6) is 1.34. The van der Waals surface area contributed by atoms with Gasteiger partial charge in [-0.25, -0.2) is 0 Å². The number of nitrogens with one attached hydrogen (secondary N) is 2. The fourth-order valence-corrected chi connectivity index (χ4v) is 3.95. The maximum absolute atomic E-state index is 12.4. The van der Waals surface area contributed by atoms with Crippen molar-refractivity contribution in [3.63, 3.8) is 0 Å². The van der Waals surface area contributed by atoms with Gasteiger partial charge in [-0.15, -0.1) is 0 Å². The molecule has 1 aromatic carbocycles. The Balaban J connectivity index is 1.51. The molecule has 0 radical (unpaired) electrons. The molecule has 1 aromatic rings. The van der Waals surface area contributed by atoms with Gasteiger partial charge in [0.2, 0.25) is 5.91 Å². The van der Waals surface area contributed by atoms with E-state index in [2.05, 4.69) is 17.2 Å². The number of rotatable bonds is 6. The molecule has 0 aliphatic heterocycles. The number of aliphatic hydroxyl groups is 1. The average Bonchev–Trinajstić information content (AvgIpc) is 2.94. The number of hydrogen-bond acceptors (Lipinski definition) is 3. The van der Waals surface area contributed by atoms with Crippen LogP contribution in [0.3, 0.4) is 0 Å². The lowest BCUT2D eigenvalue weighted by Gasteiger charge is -2.40. The van der Waals surface area contributed by atoms with E-state index < -0.39 is 0 Å². The van der Waals surface area contributed by atoms with Crippen molar-refractivity contribution in [2.75, 3.05) is 6.61 Å². The Morgan fingerprint density at radius 2 is 1.96 bits per heavy atom. The highest BCUT2D eigenvalue weighted by Crippen LogP contribution is 2.49. The Labute approximate surface area is 142 Å². The Morgan fingerprint density at radius 1 is 1.21 bits per heavy atom. The Morgan fingerprint density at radius 3 is 2.62 bits per heavy atom. The SMILES string of the molecule is C=CC(=O)NCc1ccc(C(=O)NC2C[C@H]3CC(CO)C[C@@H]23)cc1. The predicted molar refractivity (Wildman–Crippen MR) is 91.1 cm³/mol. The van der Waals surface area contributed by atoms with Crippen LogP contribution in [-0.2, 0) is 11.3 Å². The van der Waals surface area contributed by atoms with Gasteiger partial charge in [0.1, 0.15) is 0 Å². The highest BCUT2D eigenvalue weighted by molar-refractivity contribution is 5.94. The molecule has 2 aliphatic carbocycles. The Kier molecular flexibility index (Phi) is 5.00. The molecule has 0 spiro atoms. The van der Waals surface area contributed by atoms with Gasteiger partial charge in [0.05, 0.1) is 0 Å². The molecular formula is C19H24N2O3. The minimum absolute atomic E-state index is 0.0485. The zero-order valence-corrected chi connectivity index (χ0v) is 13.7. The van der Waals surface area contributed by atoms with Gasteiger partial charge < -0.3 is 15.7 Å². The molecule has 4 atom stereocenters. The van der Waals surface area contributed by atoms with E-state index >= 15 is 0 Å². The van der Waals surface area contributed by atoms with Crippen LogP contribution >= 0.6 is 0 Å². The van der Waals surface area contributed by atoms with E-state index in [1.54, 1.807) is 12.1 Å². The summed E-state index contributed by atoms with van der Waals surface area (Å²) in [5.41, 5.74) is 1.57. The molecule has 5 nitrogen and oxygen atoms in total. The first-order chi connectivity index (χ1) is 11.6. The highest BCUT2D eigenvalue weighted by atomic mass is 16.3. The van der Waals surface area contributed by atoms with Crippen LogP contribution in [-0.4, -0.2) is 29.6 Å². The summed E-state index contributed by atoms with van der Waals surface area (Å²) in [6.07, 6.45) is 4.38. The molecule has 3 rings (SSSR count). The topological polar surface area (TPSA) is 78.4 Å². The Bertz CT molecular complexity index is 626. The van der Waals surface area contributed by atoms with Crippen molar-refractivity contribution >= 4 is 11.8 Å². The Hall–Kier alpha value is -2.14. The molecule has 2 saturated carbocycles. The second-order valence-corrected chi connectivity index (χ2v) is 6.88. The molecule has 0 heterocycles. The molecule has 5 heteroatoms. The first kappa shape index (κ1) is 16.7. The third-order valence-electron chi connectivity index (χ3n) is 5.36. The number of fused-ring (bicyclic) bond motifs is 1. The molecule has 2 fully saturated rings. The second-order valence-electron chi connectivity index (χ2n) is 6.88. The van der Waals surface area contributed by atoms with Crippen molar-refractivity contribution in [3.05, 3.63) is 48.0 Å². The fourth-order valence-electron chi connectivity index (χ4n) is 3.95. The van der Waals surface area contributed by atoms with Gasteiger partial charge in [-0.2, -0.15) is 0 Å². The van der Waals surface area contributed by atoms with Gasteiger partial charge in [0.25, 0.3) is 5.91 Å². The van der Waals surface area contributed by atoms with Crippen LogP contribution in [0.5, 0.6) is 0 Å². The maximum Gasteiger partial charge on any atom is 0.251 e. The minimum Gasteiger partial charge on any atom is -0.396 e. The van der Waals surface area contributed by atoms with Crippen LogP contribution in [0.25, 0.3) is 0 Å². The third-order valence-corrected chi connectivity index (χ3v) is 5.36. The van der Waals surface area contributed by atoms with E-state index in [0.717, 1.165) is 24.8 Å². The van der Waals surface area contributed by atoms with Crippen LogP contribution in [0.2, 0.25) is 0 Å². The zero-order chi connectivity index (χ0) is 17.1. The molecule has 0 bridgehead atoms. The van der Waals surface area contributed by atoms with Crippen LogP contribution in [0, 0.1) is 17.8 Å². The summed E-state index contributed by atoms with van der Waals surface area (Å²) in [6.45, 7) is 4.09. The zero-order valence-electron chi connectivity index (χ0n) is 13.7. The molecule has 3 N–H and O–H groups in total. The van der Waals surface area contributed by atoms with Gasteiger partial charge in [-0.3, -0.25) is 9.59 Å². The summed E-state index contributed by atoms with van der Waals surface area (Å²) in [7, 11) is 0. The van der Waals surface area contributed by atoms with Gasteiger partial charge in [0.15, 0.2) is 0 Å².